The maximum absolute atomic E-state index is 11.3. The number of carbonyl (C=O) groups excluding carboxylic acids is 1. The summed E-state index contributed by atoms with van der Waals surface area (Å²) in [6.45, 7) is 0. The summed E-state index contributed by atoms with van der Waals surface area (Å²) in [5.41, 5.74) is 0.219. The first kappa shape index (κ1) is 12.1. The van der Waals surface area contributed by atoms with Gasteiger partial charge in [0, 0.05) is 0 Å². The Labute approximate surface area is 92.8 Å². The SMILES string of the molecule is COc1cc(C(=O)ON)cc(OC)c1OC. The molecule has 88 valence electrons. The zero-order chi connectivity index (χ0) is 12.1. The number of hydrogen-bond acceptors (Lipinski definition) is 6. The Morgan fingerprint density at radius 3 is 1.88 bits per heavy atom. The molecule has 1 aromatic rings. The molecule has 6 nitrogen and oxygen atoms in total. The minimum Gasteiger partial charge on any atom is -0.493 e. The van der Waals surface area contributed by atoms with E-state index in [-0.39, 0.29) is 5.56 Å². The lowest BCUT2D eigenvalue weighted by atomic mass is 10.2. The van der Waals surface area contributed by atoms with Gasteiger partial charge >= 0.3 is 5.97 Å². The highest BCUT2D eigenvalue weighted by Gasteiger charge is 2.17. The summed E-state index contributed by atoms with van der Waals surface area (Å²) in [5, 5.41) is 0. The Morgan fingerprint density at radius 1 is 1.06 bits per heavy atom. The maximum Gasteiger partial charge on any atom is 0.356 e. The molecule has 0 unspecified atom stereocenters. The van der Waals surface area contributed by atoms with Gasteiger partial charge in [0.25, 0.3) is 0 Å². The van der Waals surface area contributed by atoms with Crippen molar-refractivity contribution in [2.24, 2.45) is 5.90 Å². The molecule has 0 fully saturated rings. The zero-order valence-corrected chi connectivity index (χ0v) is 9.27. The largest absolute Gasteiger partial charge is 0.493 e. The molecule has 0 saturated heterocycles. The quantitative estimate of drug-likeness (QED) is 0.764. The van der Waals surface area contributed by atoms with Crippen LogP contribution in [0.4, 0.5) is 0 Å². The van der Waals surface area contributed by atoms with Crippen molar-refractivity contribution in [1.82, 2.24) is 0 Å². The molecule has 1 aromatic carbocycles. The summed E-state index contributed by atoms with van der Waals surface area (Å²) in [5.74, 6) is 5.24. The van der Waals surface area contributed by atoms with E-state index >= 15 is 0 Å². The first-order chi connectivity index (χ1) is 7.67. The lowest BCUT2D eigenvalue weighted by molar-refractivity contribution is 0.0502. The van der Waals surface area contributed by atoms with Crippen molar-refractivity contribution in [3.8, 4) is 17.2 Å². The van der Waals surface area contributed by atoms with E-state index in [0.717, 1.165) is 0 Å². The highest BCUT2D eigenvalue weighted by Crippen LogP contribution is 2.38. The van der Waals surface area contributed by atoms with Crippen LogP contribution in [0.25, 0.3) is 0 Å². The first-order valence-electron chi connectivity index (χ1n) is 4.39. The number of nitrogens with two attached hydrogens (primary N) is 1. The molecule has 0 radical (unpaired) electrons. The number of carbonyl (C=O) groups is 1. The van der Waals surface area contributed by atoms with Crippen LogP contribution >= 0.6 is 0 Å². The molecule has 1 rings (SSSR count). The topological polar surface area (TPSA) is 80.0 Å². The van der Waals surface area contributed by atoms with E-state index < -0.39 is 5.97 Å². The van der Waals surface area contributed by atoms with E-state index in [2.05, 4.69) is 4.84 Å². The minimum atomic E-state index is -0.681. The lowest BCUT2D eigenvalue weighted by Crippen LogP contribution is -2.10. The Hall–Kier alpha value is -1.95. The van der Waals surface area contributed by atoms with Crippen LogP contribution in [0, 0.1) is 0 Å². The number of rotatable bonds is 4. The van der Waals surface area contributed by atoms with Gasteiger partial charge in [-0.15, -0.1) is 0 Å². The fourth-order valence-corrected chi connectivity index (χ4v) is 1.27. The maximum atomic E-state index is 11.3. The van der Waals surface area contributed by atoms with Crippen LogP contribution < -0.4 is 20.1 Å². The fraction of sp³-hybridized carbons (Fsp3) is 0.300. The number of benzene rings is 1. The van der Waals surface area contributed by atoms with Crippen molar-refractivity contribution in [1.29, 1.82) is 0 Å². The van der Waals surface area contributed by atoms with Crippen LogP contribution in [-0.2, 0) is 4.84 Å². The van der Waals surface area contributed by atoms with Gasteiger partial charge in [-0.05, 0) is 12.1 Å². The van der Waals surface area contributed by atoms with Crippen LogP contribution in [0.3, 0.4) is 0 Å². The highest BCUT2D eigenvalue weighted by atomic mass is 16.7. The van der Waals surface area contributed by atoms with Crippen LogP contribution in [0.1, 0.15) is 10.4 Å². The minimum absolute atomic E-state index is 0.219. The predicted octanol–water partition coefficient (Wildman–Crippen LogP) is 0.743. The molecule has 2 N–H and O–H groups in total. The van der Waals surface area contributed by atoms with Crippen molar-refractivity contribution >= 4 is 5.97 Å². The van der Waals surface area contributed by atoms with Gasteiger partial charge in [0.1, 0.15) is 0 Å². The summed E-state index contributed by atoms with van der Waals surface area (Å²) in [6.07, 6.45) is 0. The third-order valence-electron chi connectivity index (χ3n) is 2.01. The van der Waals surface area contributed by atoms with E-state index in [0.29, 0.717) is 17.2 Å². The van der Waals surface area contributed by atoms with Crippen molar-refractivity contribution in [2.75, 3.05) is 21.3 Å². The molecule has 0 aromatic heterocycles. The Kier molecular flexibility index (Phi) is 3.96. The van der Waals surface area contributed by atoms with Crippen molar-refractivity contribution in [2.45, 2.75) is 0 Å². The number of hydrogen-bond donors (Lipinski definition) is 1. The molecular weight excluding hydrogens is 214 g/mol. The third-order valence-corrected chi connectivity index (χ3v) is 2.01. The van der Waals surface area contributed by atoms with Gasteiger partial charge in [0.15, 0.2) is 11.5 Å². The summed E-state index contributed by atoms with van der Waals surface area (Å²) in [7, 11) is 4.38. The third kappa shape index (κ3) is 2.17. The van der Waals surface area contributed by atoms with Crippen molar-refractivity contribution in [3.05, 3.63) is 17.7 Å². The Balaban J connectivity index is 3.31. The predicted molar refractivity (Wildman–Crippen MR) is 55.7 cm³/mol. The molecule has 0 saturated carbocycles. The lowest BCUT2D eigenvalue weighted by Gasteiger charge is -2.12. The number of ether oxygens (including phenoxy) is 3. The van der Waals surface area contributed by atoms with Gasteiger partial charge in [-0.25, -0.2) is 4.79 Å². The second-order valence-corrected chi connectivity index (χ2v) is 2.82. The standard InChI is InChI=1S/C10H13NO5/c1-13-7-4-6(10(12)16-11)5-8(14-2)9(7)15-3/h4-5H,11H2,1-3H3. The average Bonchev–Trinajstić information content (AvgIpc) is 2.35. The van der Waals surface area contributed by atoms with Crippen LogP contribution in [0.2, 0.25) is 0 Å². The highest BCUT2D eigenvalue weighted by molar-refractivity contribution is 5.91. The normalized spacial score (nSPS) is 9.50. The van der Waals surface area contributed by atoms with Gasteiger partial charge in [0.05, 0.1) is 26.9 Å². The van der Waals surface area contributed by atoms with Gasteiger partial charge < -0.3 is 19.0 Å². The van der Waals surface area contributed by atoms with Gasteiger partial charge in [0.2, 0.25) is 5.75 Å². The zero-order valence-electron chi connectivity index (χ0n) is 9.27. The van der Waals surface area contributed by atoms with E-state index in [4.69, 9.17) is 20.1 Å². The van der Waals surface area contributed by atoms with E-state index in [9.17, 15) is 4.79 Å². The fourth-order valence-electron chi connectivity index (χ4n) is 1.27. The first-order valence-corrected chi connectivity index (χ1v) is 4.39. The monoisotopic (exact) mass is 227 g/mol. The molecule has 0 spiro atoms. The molecule has 0 aliphatic heterocycles. The average molecular weight is 227 g/mol. The van der Waals surface area contributed by atoms with E-state index in [1.165, 1.54) is 33.5 Å². The molecule has 0 heterocycles. The van der Waals surface area contributed by atoms with E-state index in [1.54, 1.807) is 0 Å². The summed E-state index contributed by atoms with van der Waals surface area (Å²) < 4.78 is 15.2. The summed E-state index contributed by atoms with van der Waals surface area (Å²) >= 11 is 0. The van der Waals surface area contributed by atoms with Crippen molar-refractivity contribution < 1.29 is 23.8 Å². The van der Waals surface area contributed by atoms with Crippen LogP contribution in [-0.4, -0.2) is 27.3 Å². The molecule has 16 heavy (non-hydrogen) atoms. The Morgan fingerprint density at radius 2 is 1.56 bits per heavy atom. The molecule has 0 atom stereocenters. The molecule has 0 amide bonds. The Bertz CT molecular complexity index is 366. The second-order valence-electron chi connectivity index (χ2n) is 2.82. The molecule has 6 heteroatoms. The van der Waals surface area contributed by atoms with Gasteiger partial charge in [-0.1, -0.05) is 0 Å². The van der Waals surface area contributed by atoms with Crippen molar-refractivity contribution in [3.63, 3.8) is 0 Å². The van der Waals surface area contributed by atoms with Crippen LogP contribution in [0.5, 0.6) is 17.2 Å². The second kappa shape index (κ2) is 5.22. The smallest absolute Gasteiger partial charge is 0.356 e. The van der Waals surface area contributed by atoms with Crippen LogP contribution in [0.15, 0.2) is 12.1 Å². The van der Waals surface area contributed by atoms with Gasteiger partial charge in [-0.2, -0.15) is 5.90 Å². The van der Waals surface area contributed by atoms with Gasteiger partial charge in [-0.3, -0.25) is 0 Å². The summed E-state index contributed by atoms with van der Waals surface area (Å²) in [6, 6.07) is 2.91. The molecule has 0 aliphatic carbocycles. The van der Waals surface area contributed by atoms with E-state index in [1.807, 2.05) is 0 Å². The number of methoxy groups -OCH3 is 3. The summed E-state index contributed by atoms with van der Waals surface area (Å²) in [4.78, 5) is 15.4. The molecular formula is C10H13NO5. The molecule has 0 bridgehead atoms. The molecule has 0 aliphatic rings.